The van der Waals surface area contributed by atoms with E-state index in [9.17, 15) is 4.79 Å². The Labute approximate surface area is 109 Å². The summed E-state index contributed by atoms with van der Waals surface area (Å²) in [7, 11) is 0. The van der Waals surface area contributed by atoms with Crippen LogP contribution in [-0.2, 0) is 9.53 Å². The zero-order valence-corrected chi connectivity index (χ0v) is 11.5. The highest BCUT2D eigenvalue weighted by Crippen LogP contribution is 2.61. The van der Waals surface area contributed by atoms with Crippen molar-refractivity contribution in [3.05, 3.63) is 0 Å². The summed E-state index contributed by atoms with van der Waals surface area (Å²) in [5.41, 5.74) is 6.36. The molecular formula is C15H25NO2. The van der Waals surface area contributed by atoms with E-state index in [-0.39, 0.29) is 17.5 Å². The summed E-state index contributed by atoms with van der Waals surface area (Å²) >= 11 is 0. The number of carbonyl (C=O) groups is 1. The molecule has 4 aliphatic rings. The van der Waals surface area contributed by atoms with E-state index >= 15 is 0 Å². The Kier molecular flexibility index (Phi) is 2.92. The van der Waals surface area contributed by atoms with Crippen LogP contribution in [0.5, 0.6) is 0 Å². The maximum absolute atomic E-state index is 12.1. The predicted molar refractivity (Wildman–Crippen MR) is 69.8 cm³/mol. The van der Waals surface area contributed by atoms with E-state index in [1.165, 1.54) is 19.3 Å². The number of hydrogen-bond acceptors (Lipinski definition) is 3. The van der Waals surface area contributed by atoms with E-state index in [2.05, 4.69) is 0 Å². The Bertz CT molecular complexity index is 315. The highest BCUT2D eigenvalue weighted by Gasteiger charge is 2.55. The average Bonchev–Trinajstić information content (AvgIpc) is 2.25. The Morgan fingerprint density at radius 1 is 1.11 bits per heavy atom. The minimum Gasteiger partial charge on any atom is -0.462 e. The molecule has 2 N–H and O–H groups in total. The fourth-order valence-electron chi connectivity index (χ4n) is 5.11. The Balaban J connectivity index is 1.76. The lowest BCUT2D eigenvalue weighted by molar-refractivity contribution is -0.159. The molecule has 3 heteroatoms. The Morgan fingerprint density at radius 3 is 1.94 bits per heavy atom. The molecule has 0 aromatic carbocycles. The molecule has 0 aromatic heterocycles. The van der Waals surface area contributed by atoms with Crippen molar-refractivity contribution in [2.75, 3.05) is 0 Å². The lowest BCUT2D eigenvalue weighted by atomic mass is 9.48. The van der Waals surface area contributed by atoms with Gasteiger partial charge in [0.15, 0.2) is 0 Å². The highest BCUT2D eigenvalue weighted by atomic mass is 16.5. The van der Waals surface area contributed by atoms with Gasteiger partial charge in [-0.05, 0) is 75.5 Å². The summed E-state index contributed by atoms with van der Waals surface area (Å²) in [5, 5.41) is 0. The van der Waals surface area contributed by atoms with Crippen LogP contribution in [0.25, 0.3) is 0 Å². The van der Waals surface area contributed by atoms with Gasteiger partial charge in [-0.15, -0.1) is 0 Å². The highest BCUT2D eigenvalue weighted by molar-refractivity contribution is 5.77. The third kappa shape index (κ3) is 1.97. The van der Waals surface area contributed by atoms with Crippen LogP contribution in [0.3, 0.4) is 0 Å². The molecule has 4 rings (SSSR count). The van der Waals surface area contributed by atoms with Gasteiger partial charge < -0.3 is 10.5 Å². The van der Waals surface area contributed by atoms with Crippen LogP contribution >= 0.6 is 0 Å². The van der Waals surface area contributed by atoms with Crippen molar-refractivity contribution in [1.29, 1.82) is 0 Å². The zero-order chi connectivity index (χ0) is 12.9. The molecule has 0 saturated heterocycles. The van der Waals surface area contributed by atoms with Crippen LogP contribution in [0.4, 0.5) is 0 Å². The number of ether oxygens (including phenoxy) is 1. The van der Waals surface area contributed by atoms with Crippen LogP contribution in [0.1, 0.15) is 52.4 Å². The normalized spacial score (nSPS) is 43.2. The zero-order valence-electron chi connectivity index (χ0n) is 11.5. The molecule has 4 fully saturated rings. The minimum absolute atomic E-state index is 0.0579. The van der Waals surface area contributed by atoms with Gasteiger partial charge >= 0.3 is 5.97 Å². The Morgan fingerprint density at radius 2 is 1.56 bits per heavy atom. The fraction of sp³-hybridized carbons (Fsp3) is 0.933. The number of nitrogens with two attached hydrogens (primary N) is 1. The smallest absolute Gasteiger partial charge is 0.323 e. The predicted octanol–water partition coefficient (Wildman–Crippen LogP) is 2.48. The summed E-state index contributed by atoms with van der Waals surface area (Å²) in [6.07, 6.45) is 7.56. The molecule has 4 bridgehead atoms. The van der Waals surface area contributed by atoms with Crippen molar-refractivity contribution in [3.8, 4) is 0 Å². The summed E-state index contributed by atoms with van der Waals surface area (Å²) in [5.74, 6) is 2.31. The lowest BCUT2D eigenvalue weighted by Crippen LogP contribution is -2.57. The van der Waals surface area contributed by atoms with Crippen LogP contribution in [0.15, 0.2) is 0 Å². The monoisotopic (exact) mass is 251 g/mol. The first-order valence-electron chi connectivity index (χ1n) is 7.44. The molecule has 3 nitrogen and oxygen atoms in total. The molecule has 0 aromatic rings. The average molecular weight is 251 g/mol. The molecule has 0 aliphatic heterocycles. The number of esters is 1. The summed E-state index contributed by atoms with van der Waals surface area (Å²) in [4.78, 5) is 12.1. The fourth-order valence-corrected chi connectivity index (χ4v) is 5.11. The third-order valence-electron chi connectivity index (χ3n) is 5.35. The van der Waals surface area contributed by atoms with E-state index in [0.717, 1.165) is 37.0 Å². The molecule has 4 saturated carbocycles. The molecule has 102 valence electrons. The SMILES string of the molecule is CC(C)OC(=O)C(N)C12CC3CC(CC(C3)C1)C2. The van der Waals surface area contributed by atoms with Gasteiger partial charge in [-0.1, -0.05) is 0 Å². The molecule has 0 amide bonds. The van der Waals surface area contributed by atoms with Crippen molar-refractivity contribution < 1.29 is 9.53 Å². The molecular weight excluding hydrogens is 226 g/mol. The quantitative estimate of drug-likeness (QED) is 0.784. The third-order valence-corrected chi connectivity index (χ3v) is 5.35. The first-order chi connectivity index (χ1) is 8.48. The number of hydrogen-bond donors (Lipinski definition) is 1. The first kappa shape index (κ1) is 12.5. The molecule has 1 unspecified atom stereocenters. The first-order valence-corrected chi connectivity index (χ1v) is 7.44. The standard InChI is InChI=1S/C15H25NO2/c1-9(2)18-14(17)13(16)15-6-10-3-11(7-15)5-12(4-10)8-15/h9-13H,3-8,16H2,1-2H3. The topological polar surface area (TPSA) is 52.3 Å². The van der Waals surface area contributed by atoms with Gasteiger partial charge in [-0.3, -0.25) is 4.79 Å². The largest absolute Gasteiger partial charge is 0.462 e. The maximum atomic E-state index is 12.1. The van der Waals surface area contributed by atoms with Crippen LogP contribution in [-0.4, -0.2) is 18.1 Å². The second-order valence-electron chi connectivity index (χ2n) is 7.24. The van der Waals surface area contributed by atoms with Crippen molar-refractivity contribution in [3.63, 3.8) is 0 Å². The maximum Gasteiger partial charge on any atom is 0.323 e. The molecule has 18 heavy (non-hydrogen) atoms. The summed E-state index contributed by atoms with van der Waals surface area (Å²) < 4.78 is 5.34. The van der Waals surface area contributed by atoms with E-state index < -0.39 is 6.04 Å². The minimum atomic E-state index is -0.395. The van der Waals surface area contributed by atoms with Crippen LogP contribution in [0.2, 0.25) is 0 Å². The Hall–Kier alpha value is -0.570. The van der Waals surface area contributed by atoms with Crippen molar-refractivity contribution in [1.82, 2.24) is 0 Å². The molecule has 4 aliphatic carbocycles. The van der Waals surface area contributed by atoms with Gasteiger partial charge in [0.2, 0.25) is 0 Å². The van der Waals surface area contributed by atoms with Gasteiger partial charge in [0.1, 0.15) is 6.04 Å². The lowest BCUT2D eigenvalue weighted by Gasteiger charge is -2.58. The van der Waals surface area contributed by atoms with E-state index in [1.807, 2.05) is 13.8 Å². The molecule has 0 radical (unpaired) electrons. The molecule has 0 heterocycles. The molecule has 1 atom stereocenters. The van der Waals surface area contributed by atoms with Gasteiger partial charge in [0.05, 0.1) is 6.10 Å². The summed E-state index contributed by atoms with van der Waals surface area (Å²) in [6.45, 7) is 3.79. The van der Waals surface area contributed by atoms with Crippen LogP contribution < -0.4 is 5.73 Å². The van der Waals surface area contributed by atoms with Crippen LogP contribution in [0, 0.1) is 23.2 Å². The second kappa shape index (κ2) is 4.22. The van der Waals surface area contributed by atoms with E-state index in [1.54, 1.807) is 0 Å². The van der Waals surface area contributed by atoms with Crippen molar-refractivity contribution in [2.24, 2.45) is 28.9 Å². The number of rotatable bonds is 3. The second-order valence-corrected chi connectivity index (χ2v) is 7.24. The van der Waals surface area contributed by atoms with Gasteiger partial charge in [-0.2, -0.15) is 0 Å². The van der Waals surface area contributed by atoms with E-state index in [4.69, 9.17) is 10.5 Å². The summed E-state index contributed by atoms with van der Waals surface area (Å²) in [6, 6.07) is -0.395. The van der Waals surface area contributed by atoms with E-state index in [0.29, 0.717) is 0 Å². The van der Waals surface area contributed by atoms with Crippen molar-refractivity contribution in [2.45, 2.75) is 64.5 Å². The van der Waals surface area contributed by atoms with Gasteiger partial charge in [0.25, 0.3) is 0 Å². The van der Waals surface area contributed by atoms with Crippen molar-refractivity contribution >= 4 is 5.97 Å². The van der Waals surface area contributed by atoms with Gasteiger partial charge in [0, 0.05) is 0 Å². The number of carbonyl (C=O) groups excluding carboxylic acids is 1. The molecule has 0 spiro atoms. The van der Waals surface area contributed by atoms with Gasteiger partial charge in [-0.25, -0.2) is 0 Å².